The Labute approximate surface area is 146 Å². The van der Waals surface area contributed by atoms with Gasteiger partial charge >= 0.3 is 0 Å². The van der Waals surface area contributed by atoms with Gasteiger partial charge in [0.1, 0.15) is 0 Å². The van der Waals surface area contributed by atoms with Gasteiger partial charge < -0.3 is 0 Å². The number of hydrogen-bond donors (Lipinski definition) is 0. The monoisotopic (exact) mass is 316 g/mol. The maximum Gasteiger partial charge on any atom is -0.0227 e. The van der Waals surface area contributed by atoms with E-state index in [0.717, 1.165) is 6.42 Å². The van der Waals surface area contributed by atoms with Gasteiger partial charge in [0.05, 0.1) is 0 Å². The Morgan fingerprint density at radius 1 is 0.792 bits per heavy atom. The zero-order valence-corrected chi connectivity index (χ0v) is 14.7. The molecule has 1 aliphatic rings. The average Bonchev–Trinajstić information content (AvgIpc) is 2.65. The van der Waals surface area contributed by atoms with Crippen molar-refractivity contribution in [1.29, 1.82) is 0 Å². The van der Waals surface area contributed by atoms with Gasteiger partial charge in [-0.05, 0) is 84.7 Å². The summed E-state index contributed by atoms with van der Waals surface area (Å²) in [6.45, 7) is 7.96. The van der Waals surface area contributed by atoms with Gasteiger partial charge in [0.25, 0.3) is 0 Å². The predicted octanol–water partition coefficient (Wildman–Crippen LogP) is 6.42. The molecule has 0 nitrogen and oxygen atoms in total. The minimum absolute atomic E-state index is 1.14. The van der Waals surface area contributed by atoms with Crippen molar-refractivity contribution < 1.29 is 0 Å². The van der Waals surface area contributed by atoms with Gasteiger partial charge in [-0.25, -0.2) is 0 Å². The van der Waals surface area contributed by atoms with Crippen LogP contribution in [0.1, 0.15) is 59.1 Å². The van der Waals surface area contributed by atoms with Crippen molar-refractivity contribution in [3.8, 4) is 0 Å². The van der Waals surface area contributed by atoms with E-state index in [4.69, 9.17) is 0 Å². The van der Waals surface area contributed by atoms with Crippen LogP contribution in [0.5, 0.6) is 0 Å². The Morgan fingerprint density at radius 3 is 2.38 bits per heavy atom. The van der Waals surface area contributed by atoms with Crippen molar-refractivity contribution in [3.05, 3.63) is 82.9 Å². The zero-order valence-electron chi connectivity index (χ0n) is 14.7. The van der Waals surface area contributed by atoms with Gasteiger partial charge in [-0.1, -0.05) is 61.7 Å². The van der Waals surface area contributed by atoms with E-state index in [1.807, 2.05) is 12.2 Å². The first-order valence-corrected chi connectivity index (χ1v) is 9.30. The Hall–Kier alpha value is -2.08. The van der Waals surface area contributed by atoms with E-state index < -0.39 is 0 Å². The highest BCUT2D eigenvalue weighted by Gasteiger charge is 2.15. The molecule has 0 bridgehead atoms. The van der Waals surface area contributed by atoms with Crippen LogP contribution in [0, 0.1) is 0 Å². The fraction of sp³-hybridized carbons (Fsp3) is 0.333. The average molecular weight is 316 g/mol. The molecule has 2 aromatic rings. The quantitative estimate of drug-likeness (QED) is 0.517. The number of hydrogen-bond acceptors (Lipinski definition) is 0. The first-order chi connectivity index (χ1) is 11.8. The van der Waals surface area contributed by atoms with E-state index in [1.54, 1.807) is 16.7 Å². The van der Waals surface area contributed by atoms with Gasteiger partial charge in [-0.15, -0.1) is 0 Å². The number of unbranched alkanes of at least 4 members (excludes halogenated alkanes) is 1. The second-order valence-electron chi connectivity index (χ2n) is 6.79. The minimum atomic E-state index is 1.14. The lowest BCUT2D eigenvalue weighted by molar-refractivity contribution is 0.667. The lowest BCUT2D eigenvalue weighted by Crippen LogP contribution is -2.08. The summed E-state index contributed by atoms with van der Waals surface area (Å²) >= 11 is 0. The number of fused-ring (bicyclic) bond motifs is 1. The lowest BCUT2D eigenvalue weighted by Gasteiger charge is -2.21. The summed E-state index contributed by atoms with van der Waals surface area (Å²) in [5, 5.41) is 0. The van der Waals surface area contributed by atoms with Gasteiger partial charge in [-0.3, -0.25) is 0 Å². The summed E-state index contributed by atoms with van der Waals surface area (Å²) in [5.41, 5.74) is 8.83. The maximum absolute atomic E-state index is 4.03. The Kier molecular flexibility index (Phi) is 5.69. The Balaban J connectivity index is 1.66. The fourth-order valence-corrected chi connectivity index (χ4v) is 3.99. The normalized spacial score (nSPS) is 13.3. The molecular weight excluding hydrogens is 288 g/mol. The van der Waals surface area contributed by atoms with E-state index in [9.17, 15) is 0 Å². The summed E-state index contributed by atoms with van der Waals surface area (Å²) in [6.07, 6.45) is 14.0. The van der Waals surface area contributed by atoms with Gasteiger partial charge in [0.15, 0.2) is 0 Å². The van der Waals surface area contributed by atoms with Crippen LogP contribution >= 0.6 is 0 Å². The largest absolute Gasteiger partial charge is 0.0985 e. The number of aryl methyl sites for hydroxylation is 2. The summed E-state index contributed by atoms with van der Waals surface area (Å²) in [7, 11) is 0. The van der Waals surface area contributed by atoms with Crippen molar-refractivity contribution in [1.82, 2.24) is 0 Å². The molecule has 2 aromatic carbocycles. The third-order valence-electron chi connectivity index (χ3n) is 5.31. The van der Waals surface area contributed by atoms with E-state index in [0.29, 0.717) is 0 Å². The summed E-state index contributed by atoms with van der Waals surface area (Å²) < 4.78 is 0. The van der Waals surface area contributed by atoms with Crippen molar-refractivity contribution in [2.24, 2.45) is 0 Å². The van der Waals surface area contributed by atoms with Crippen molar-refractivity contribution in [3.63, 3.8) is 0 Å². The van der Waals surface area contributed by atoms with Crippen LogP contribution < -0.4 is 0 Å². The van der Waals surface area contributed by atoms with Crippen LogP contribution in [-0.4, -0.2) is 0 Å². The second-order valence-corrected chi connectivity index (χ2v) is 6.79. The van der Waals surface area contributed by atoms with Gasteiger partial charge in [0.2, 0.25) is 0 Å². The van der Waals surface area contributed by atoms with Crippen molar-refractivity contribution >= 4 is 12.2 Å². The van der Waals surface area contributed by atoms with Crippen LogP contribution in [0.3, 0.4) is 0 Å². The molecule has 0 aromatic heterocycles. The van der Waals surface area contributed by atoms with Crippen molar-refractivity contribution in [2.45, 2.75) is 51.4 Å². The van der Waals surface area contributed by atoms with Crippen LogP contribution in [0.25, 0.3) is 12.2 Å². The number of rotatable bonds is 7. The first-order valence-electron chi connectivity index (χ1n) is 9.30. The number of benzene rings is 2. The SMILES string of the molecule is C=Cc1ccccc1CCCCc1c(C=C)ccc2c1CCCC2. The summed E-state index contributed by atoms with van der Waals surface area (Å²) in [5.74, 6) is 0. The van der Waals surface area contributed by atoms with Gasteiger partial charge in [-0.2, -0.15) is 0 Å². The predicted molar refractivity (Wildman–Crippen MR) is 106 cm³/mol. The van der Waals surface area contributed by atoms with Crippen LogP contribution in [0.2, 0.25) is 0 Å². The first kappa shape index (κ1) is 16.8. The zero-order chi connectivity index (χ0) is 16.8. The topological polar surface area (TPSA) is 0 Å². The molecule has 0 aliphatic heterocycles. The fourth-order valence-electron chi connectivity index (χ4n) is 3.99. The van der Waals surface area contributed by atoms with E-state index in [1.165, 1.54) is 61.6 Å². The standard InChI is InChI=1S/C24H28/c1-3-19-11-5-6-12-21(19)13-7-9-15-23-20(4-2)17-18-22-14-8-10-16-24(22)23/h3-6,11-12,17-18H,1-2,7-10,13-16H2. The Bertz CT molecular complexity index is 721. The molecule has 0 saturated heterocycles. The lowest BCUT2D eigenvalue weighted by atomic mass is 9.84. The Morgan fingerprint density at radius 2 is 1.54 bits per heavy atom. The third-order valence-corrected chi connectivity index (χ3v) is 5.31. The third kappa shape index (κ3) is 3.70. The van der Waals surface area contributed by atoms with Crippen LogP contribution in [0.15, 0.2) is 49.6 Å². The van der Waals surface area contributed by atoms with E-state index in [-0.39, 0.29) is 0 Å². The molecule has 0 N–H and O–H groups in total. The molecule has 0 fully saturated rings. The van der Waals surface area contributed by atoms with Gasteiger partial charge in [0, 0.05) is 0 Å². The van der Waals surface area contributed by atoms with E-state index in [2.05, 4.69) is 49.6 Å². The molecule has 0 heteroatoms. The minimum Gasteiger partial charge on any atom is -0.0985 e. The van der Waals surface area contributed by atoms with Crippen LogP contribution in [-0.2, 0) is 25.7 Å². The maximum atomic E-state index is 4.03. The molecule has 1 aliphatic carbocycles. The van der Waals surface area contributed by atoms with E-state index >= 15 is 0 Å². The molecule has 0 amide bonds. The summed E-state index contributed by atoms with van der Waals surface area (Å²) in [4.78, 5) is 0. The molecule has 0 atom stereocenters. The van der Waals surface area contributed by atoms with Crippen LogP contribution in [0.4, 0.5) is 0 Å². The summed E-state index contributed by atoms with van der Waals surface area (Å²) in [6, 6.07) is 13.2. The molecular formula is C24H28. The second kappa shape index (κ2) is 8.15. The smallest absolute Gasteiger partial charge is 0.0227 e. The molecule has 3 rings (SSSR count). The molecule has 0 heterocycles. The molecule has 0 radical (unpaired) electrons. The molecule has 124 valence electrons. The molecule has 24 heavy (non-hydrogen) atoms. The molecule has 0 unspecified atom stereocenters. The highest BCUT2D eigenvalue weighted by Crippen LogP contribution is 2.29. The molecule has 0 saturated carbocycles. The highest BCUT2D eigenvalue weighted by atomic mass is 14.2. The highest BCUT2D eigenvalue weighted by molar-refractivity contribution is 5.57. The molecule has 0 spiro atoms. The van der Waals surface area contributed by atoms with Crippen molar-refractivity contribution in [2.75, 3.05) is 0 Å².